The molecule has 0 fully saturated rings. The van der Waals surface area contributed by atoms with Crippen molar-refractivity contribution in [2.45, 2.75) is 19.8 Å². The molecular formula is C28H21BrClN3O2S. The van der Waals surface area contributed by atoms with Crippen LogP contribution in [0.2, 0.25) is 5.02 Å². The number of nitrogens with zero attached hydrogens (tertiary/aromatic N) is 1. The molecule has 0 saturated carbocycles. The van der Waals surface area contributed by atoms with Crippen molar-refractivity contribution < 1.29 is 9.21 Å². The van der Waals surface area contributed by atoms with Crippen LogP contribution >= 0.6 is 39.7 Å². The predicted octanol–water partition coefficient (Wildman–Crippen LogP) is 8.31. The number of oxazole rings is 1. The lowest BCUT2D eigenvalue weighted by atomic mass is 10.0. The molecule has 2 N–H and O–H groups in total. The Kier molecular flexibility index (Phi) is 6.79. The van der Waals surface area contributed by atoms with Crippen LogP contribution < -0.4 is 10.6 Å². The fourth-order valence-corrected chi connectivity index (χ4v) is 4.84. The van der Waals surface area contributed by atoms with E-state index in [-0.39, 0.29) is 11.0 Å². The Morgan fingerprint density at radius 1 is 1.03 bits per heavy atom. The molecule has 1 amide bonds. The first-order valence-electron chi connectivity index (χ1n) is 11.3. The molecular weight excluding hydrogens is 558 g/mol. The lowest BCUT2D eigenvalue weighted by molar-refractivity contribution is 0.0979. The minimum absolute atomic E-state index is 0.130. The van der Waals surface area contributed by atoms with Gasteiger partial charge in [0.25, 0.3) is 5.91 Å². The molecule has 1 heterocycles. The molecule has 1 aromatic heterocycles. The van der Waals surface area contributed by atoms with Crippen LogP contribution in [0.4, 0.5) is 5.69 Å². The van der Waals surface area contributed by atoms with Crippen molar-refractivity contribution in [2.24, 2.45) is 0 Å². The van der Waals surface area contributed by atoms with E-state index in [4.69, 9.17) is 28.2 Å². The highest BCUT2D eigenvalue weighted by Gasteiger charge is 2.15. The van der Waals surface area contributed by atoms with E-state index in [1.807, 2.05) is 54.6 Å². The summed E-state index contributed by atoms with van der Waals surface area (Å²) in [6, 6.07) is 22.7. The molecule has 4 aromatic carbocycles. The topological polar surface area (TPSA) is 67.2 Å². The maximum atomic E-state index is 13.0. The van der Waals surface area contributed by atoms with Crippen molar-refractivity contribution in [3.05, 3.63) is 93.4 Å². The zero-order valence-corrected chi connectivity index (χ0v) is 22.6. The highest BCUT2D eigenvalue weighted by atomic mass is 79.9. The van der Waals surface area contributed by atoms with Crippen LogP contribution in [-0.2, 0) is 0 Å². The van der Waals surface area contributed by atoms with E-state index >= 15 is 0 Å². The fourth-order valence-electron chi connectivity index (χ4n) is 3.97. The lowest BCUT2D eigenvalue weighted by Crippen LogP contribution is -2.34. The highest BCUT2D eigenvalue weighted by Crippen LogP contribution is 2.32. The van der Waals surface area contributed by atoms with Gasteiger partial charge in [-0.15, -0.1) is 0 Å². The second-order valence-corrected chi connectivity index (χ2v) is 10.3. The van der Waals surface area contributed by atoms with Crippen molar-refractivity contribution in [1.29, 1.82) is 0 Å². The number of rotatable bonds is 4. The van der Waals surface area contributed by atoms with Gasteiger partial charge in [-0.3, -0.25) is 10.1 Å². The van der Waals surface area contributed by atoms with Crippen LogP contribution in [0.3, 0.4) is 0 Å². The lowest BCUT2D eigenvalue weighted by Gasteiger charge is -2.13. The van der Waals surface area contributed by atoms with Crippen LogP contribution in [0.5, 0.6) is 0 Å². The van der Waals surface area contributed by atoms with Crippen LogP contribution in [0.1, 0.15) is 35.7 Å². The minimum Gasteiger partial charge on any atom is -0.436 e. The zero-order valence-electron chi connectivity index (χ0n) is 19.4. The normalized spacial score (nSPS) is 11.2. The average Bonchev–Trinajstić information content (AvgIpc) is 3.28. The van der Waals surface area contributed by atoms with Gasteiger partial charge in [-0.05, 0) is 76.9 Å². The first kappa shape index (κ1) is 24.4. The van der Waals surface area contributed by atoms with Gasteiger partial charge in [0.15, 0.2) is 10.7 Å². The summed E-state index contributed by atoms with van der Waals surface area (Å²) in [6.07, 6.45) is 0. The Bertz CT molecular complexity index is 1650. The van der Waals surface area contributed by atoms with E-state index in [0.29, 0.717) is 33.7 Å². The Morgan fingerprint density at radius 2 is 1.81 bits per heavy atom. The number of hydrogen-bond acceptors (Lipinski definition) is 4. The summed E-state index contributed by atoms with van der Waals surface area (Å²) >= 11 is 15.4. The number of halogens is 2. The zero-order chi connectivity index (χ0) is 25.4. The van der Waals surface area contributed by atoms with Crippen molar-refractivity contribution in [3.8, 4) is 11.5 Å². The molecule has 5 aromatic rings. The van der Waals surface area contributed by atoms with Gasteiger partial charge < -0.3 is 9.73 Å². The first-order chi connectivity index (χ1) is 17.3. The molecule has 5 nitrogen and oxygen atoms in total. The Morgan fingerprint density at radius 3 is 2.61 bits per heavy atom. The smallest absolute Gasteiger partial charge is 0.258 e. The van der Waals surface area contributed by atoms with E-state index < -0.39 is 0 Å². The van der Waals surface area contributed by atoms with Gasteiger partial charge in [-0.2, -0.15) is 0 Å². The summed E-state index contributed by atoms with van der Waals surface area (Å²) in [5.41, 5.74) is 4.49. The van der Waals surface area contributed by atoms with Crippen molar-refractivity contribution in [2.75, 3.05) is 5.32 Å². The molecule has 0 aliphatic rings. The van der Waals surface area contributed by atoms with Gasteiger partial charge in [0.1, 0.15) is 5.52 Å². The summed E-state index contributed by atoms with van der Waals surface area (Å²) in [6.45, 7) is 4.28. The quantitative estimate of drug-likeness (QED) is 0.210. The van der Waals surface area contributed by atoms with E-state index in [1.54, 1.807) is 18.2 Å². The second-order valence-electron chi connectivity index (χ2n) is 8.64. The SMILES string of the molecule is CC(C)c1ccc2oc(-c3ccc(Cl)c(NC(=S)NC(=O)c4cccc5c(Br)cccc45)c3)nc2c1. The number of fused-ring (bicyclic) bond motifs is 2. The van der Waals surface area contributed by atoms with E-state index in [9.17, 15) is 4.79 Å². The maximum absolute atomic E-state index is 13.0. The maximum Gasteiger partial charge on any atom is 0.258 e. The largest absolute Gasteiger partial charge is 0.436 e. The van der Waals surface area contributed by atoms with Gasteiger partial charge in [0.2, 0.25) is 5.89 Å². The molecule has 0 radical (unpaired) electrons. The molecule has 5 rings (SSSR count). The van der Waals surface area contributed by atoms with Gasteiger partial charge in [-0.25, -0.2) is 4.98 Å². The van der Waals surface area contributed by atoms with Crippen molar-refractivity contribution >= 4 is 78.3 Å². The van der Waals surface area contributed by atoms with Gasteiger partial charge in [0, 0.05) is 15.6 Å². The van der Waals surface area contributed by atoms with Crippen LogP contribution in [0.15, 0.2) is 81.7 Å². The second kappa shape index (κ2) is 10.0. The van der Waals surface area contributed by atoms with Gasteiger partial charge in [0.05, 0.1) is 10.7 Å². The third-order valence-corrected chi connectivity index (χ3v) is 7.11. The van der Waals surface area contributed by atoms with Crippen molar-refractivity contribution in [1.82, 2.24) is 10.3 Å². The first-order valence-corrected chi connectivity index (χ1v) is 12.9. The summed E-state index contributed by atoms with van der Waals surface area (Å²) < 4.78 is 6.89. The molecule has 0 bridgehead atoms. The summed E-state index contributed by atoms with van der Waals surface area (Å²) in [4.78, 5) is 17.7. The van der Waals surface area contributed by atoms with E-state index in [0.717, 1.165) is 26.3 Å². The Labute approximate surface area is 227 Å². The third kappa shape index (κ3) is 4.87. The molecule has 36 heavy (non-hydrogen) atoms. The number of carbonyl (C=O) groups excluding carboxylic acids is 1. The number of hydrogen-bond donors (Lipinski definition) is 2. The van der Waals surface area contributed by atoms with Crippen molar-refractivity contribution in [3.63, 3.8) is 0 Å². The molecule has 8 heteroatoms. The molecule has 0 aliphatic heterocycles. The number of amides is 1. The monoisotopic (exact) mass is 577 g/mol. The molecule has 0 aliphatic carbocycles. The highest BCUT2D eigenvalue weighted by molar-refractivity contribution is 9.10. The van der Waals surface area contributed by atoms with Gasteiger partial charge >= 0.3 is 0 Å². The van der Waals surface area contributed by atoms with Crippen LogP contribution in [0, 0.1) is 0 Å². The minimum atomic E-state index is -0.316. The fraction of sp³-hybridized carbons (Fsp3) is 0.107. The molecule has 180 valence electrons. The van der Waals surface area contributed by atoms with Crippen LogP contribution in [-0.4, -0.2) is 16.0 Å². The number of anilines is 1. The van der Waals surface area contributed by atoms with Gasteiger partial charge in [-0.1, -0.05) is 71.7 Å². The molecule has 0 unspecified atom stereocenters. The average molecular weight is 579 g/mol. The molecule has 0 saturated heterocycles. The number of carbonyl (C=O) groups is 1. The Balaban J connectivity index is 1.37. The van der Waals surface area contributed by atoms with E-state index in [1.165, 1.54) is 5.56 Å². The number of aromatic nitrogens is 1. The summed E-state index contributed by atoms with van der Waals surface area (Å²) in [7, 11) is 0. The standard InChI is InChI=1S/C28H21BrClN3O2S/c1-15(2)16-10-12-25-24(13-16)31-27(35-25)17-9-11-22(30)23(14-17)32-28(36)33-26(34)20-7-3-6-19-18(20)5-4-8-21(19)29/h3-15H,1-2H3,(H2,32,33,34,36). The molecule has 0 atom stereocenters. The Hall–Kier alpha value is -3.26. The molecule has 0 spiro atoms. The predicted molar refractivity (Wildman–Crippen MR) is 154 cm³/mol. The van der Waals surface area contributed by atoms with E-state index in [2.05, 4.69) is 45.4 Å². The van der Waals surface area contributed by atoms with Crippen LogP contribution in [0.25, 0.3) is 33.3 Å². The number of benzene rings is 4. The third-order valence-electron chi connectivity index (χ3n) is 5.88. The summed E-state index contributed by atoms with van der Waals surface area (Å²) in [5, 5.41) is 8.12. The number of thiocarbonyl (C=S) groups is 1. The summed E-state index contributed by atoms with van der Waals surface area (Å²) in [5.74, 6) is 0.554. The number of nitrogens with one attached hydrogen (secondary N) is 2.